The van der Waals surface area contributed by atoms with E-state index < -0.39 is 15.1 Å². The molecule has 1 rings (SSSR count). The van der Waals surface area contributed by atoms with Crippen LogP contribution in [0.15, 0.2) is 17.0 Å². The molecule has 0 aliphatic rings. The Morgan fingerprint density at radius 2 is 1.69 bits per heavy atom. The van der Waals surface area contributed by atoms with E-state index in [9.17, 15) is 8.42 Å². The first-order valence-corrected chi connectivity index (χ1v) is 7.03. The first kappa shape index (κ1) is 13.2. The summed E-state index contributed by atoms with van der Waals surface area (Å²) in [6.07, 6.45) is 0. The van der Waals surface area contributed by atoms with Crippen LogP contribution in [0, 0.1) is 6.92 Å². The fourth-order valence-electron chi connectivity index (χ4n) is 1.44. The van der Waals surface area contributed by atoms with Gasteiger partial charge in [0.05, 0.1) is 15.8 Å². The second kappa shape index (κ2) is 4.53. The predicted octanol–water partition coefficient (Wildman–Crippen LogP) is 2.70. The summed E-state index contributed by atoms with van der Waals surface area (Å²) < 4.78 is 24.0. The number of sulfone groups is 1. The van der Waals surface area contributed by atoms with Gasteiger partial charge in [-0.1, -0.05) is 13.8 Å². The molecule has 0 aliphatic carbocycles. The van der Waals surface area contributed by atoms with Gasteiger partial charge in [-0.05, 0) is 38.8 Å². The number of nitrogens with zero attached hydrogens (tertiary/aromatic N) is 1. The zero-order valence-electron chi connectivity index (χ0n) is 10.5. The summed E-state index contributed by atoms with van der Waals surface area (Å²) in [5, 5.41) is -0.405. The molecule has 0 saturated heterocycles. The van der Waals surface area contributed by atoms with Crippen molar-refractivity contribution in [2.24, 2.45) is 0 Å². The summed E-state index contributed by atoms with van der Waals surface area (Å²) in [5.41, 5.74) is 1.53. The maximum absolute atomic E-state index is 12.0. The molecule has 1 aromatic heterocycles. The fraction of sp³-hybridized carbons (Fsp3) is 0.583. The highest BCUT2D eigenvalue weighted by atomic mass is 32.2. The average Bonchev–Trinajstić information content (AvgIpc) is 2.16. The lowest BCUT2D eigenvalue weighted by Crippen LogP contribution is -2.16. The largest absolute Gasteiger partial charge is 0.257 e. The zero-order chi connectivity index (χ0) is 12.5. The number of rotatable bonds is 3. The van der Waals surface area contributed by atoms with Crippen LogP contribution in [0.1, 0.15) is 45.0 Å². The van der Waals surface area contributed by atoms with Gasteiger partial charge in [0.25, 0.3) is 0 Å². The Morgan fingerprint density at radius 3 is 2.06 bits per heavy atom. The van der Waals surface area contributed by atoms with Crippen molar-refractivity contribution in [1.82, 2.24) is 4.98 Å². The number of aryl methyl sites for hydroxylation is 1. The van der Waals surface area contributed by atoms with Gasteiger partial charge in [-0.15, -0.1) is 0 Å². The highest BCUT2D eigenvalue weighted by molar-refractivity contribution is 7.92. The first-order valence-electron chi connectivity index (χ1n) is 5.48. The molecule has 0 spiro atoms. The molecule has 0 atom stereocenters. The van der Waals surface area contributed by atoms with Gasteiger partial charge >= 0.3 is 0 Å². The molecule has 0 aromatic carbocycles. The Labute approximate surface area is 97.8 Å². The van der Waals surface area contributed by atoms with E-state index in [1.165, 1.54) is 0 Å². The molecule has 3 nitrogen and oxygen atoms in total. The molecule has 0 aliphatic heterocycles. The molecule has 1 heterocycles. The van der Waals surface area contributed by atoms with Crippen LogP contribution >= 0.6 is 0 Å². The summed E-state index contributed by atoms with van der Waals surface area (Å²) in [7, 11) is -3.21. The predicted molar refractivity (Wildman–Crippen MR) is 65.4 cm³/mol. The summed E-state index contributed by atoms with van der Waals surface area (Å²) in [6.45, 7) is 9.20. The molecule has 0 amide bonds. The third-order valence-electron chi connectivity index (χ3n) is 2.58. The average molecular weight is 241 g/mol. The lowest BCUT2D eigenvalue weighted by Gasteiger charge is -2.12. The van der Waals surface area contributed by atoms with Gasteiger partial charge in [-0.25, -0.2) is 8.42 Å². The van der Waals surface area contributed by atoms with Gasteiger partial charge in [-0.3, -0.25) is 4.98 Å². The molecule has 0 bridgehead atoms. The molecule has 90 valence electrons. The Bertz CT molecular complexity index is 476. The molecular weight excluding hydrogens is 222 g/mol. The van der Waals surface area contributed by atoms with Gasteiger partial charge in [0.1, 0.15) is 0 Å². The van der Waals surface area contributed by atoms with E-state index >= 15 is 0 Å². The summed E-state index contributed by atoms with van der Waals surface area (Å²) in [6, 6.07) is 3.47. The minimum absolute atomic E-state index is 0.314. The van der Waals surface area contributed by atoms with Gasteiger partial charge in [-0.2, -0.15) is 0 Å². The molecule has 0 unspecified atom stereocenters. The maximum atomic E-state index is 12.0. The standard InChI is InChI=1S/C12H19NO2S/c1-8(2)11-6-7-12(10(5)13-11)16(14,15)9(3)4/h6-9H,1-5H3. The van der Waals surface area contributed by atoms with Crippen LogP contribution < -0.4 is 0 Å². The second-order valence-corrected chi connectivity index (χ2v) is 7.04. The summed E-state index contributed by atoms with van der Waals surface area (Å²) >= 11 is 0. The van der Waals surface area contributed by atoms with Gasteiger partial charge in [0.2, 0.25) is 0 Å². The maximum Gasteiger partial charge on any atom is 0.182 e. The monoisotopic (exact) mass is 241 g/mol. The fourth-order valence-corrected chi connectivity index (χ4v) is 2.67. The van der Waals surface area contributed by atoms with E-state index in [-0.39, 0.29) is 0 Å². The van der Waals surface area contributed by atoms with E-state index in [0.29, 0.717) is 16.5 Å². The Kier molecular flexibility index (Phi) is 3.73. The van der Waals surface area contributed by atoms with E-state index in [4.69, 9.17) is 0 Å². The minimum atomic E-state index is -3.21. The lowest BCUT2D eigenvalue weighted by molar-refractivity contribution is 0.585. The van der Waals surface area contributed by atoms with Crippen molar-refractivity contribution in [3.8, 4) is 0 Å². The highest BCUT2D eigenvalue weighted by Crippen LogP contribution is 2.21. The van der Waals surface area contributed by atoms with Crippen molar-refractivity contribution in [2.75, 3.05) is 0 Å². The van der Waals surface area contributed by atoms with Crippen LogP contribution in [0.5, 0.6) is 0 Å². The van der Waals surface area contributed by atoms with Crippen molar-refractivity contribution in [3.63, 3.8) is 0 Å². The van der Waals surface area contributed by atoms with Crippen LogP contribution in [0.4, 0.5) is 0 Å². The summed E-state index contributed by atoms with van der Waals surface area (Å²) in [5.74, 6) is 0.314. The van der Waals surface area contributed by atoms with Crippen LogP contribution in [-0.2, 0) is 9.84 Å². The van der Waals surface area contributed by atoms with Crippen LogP contribution in [-0.4, -0.2) is 18.7 Å². The Balaban J connectivity index is 3.30. The van der Waals surface area contributed by atoms with Crippen molar-refractivity contribution < 1.29 is 8.42 Å². The van der Waals surface area contributed by atoms with Crippen LogP contribution in [0.3, 0.4) is 0 Å². The molecule has 0 N–H and O–H groups in total. The van der Waals surface area contributed by atoms with E-state index in [1.54, 1.807) is 32.9 Å². The molecule has 0 saturated carbocycles. The van der Waals surface area contributed by atoms with Crippen molar-refractivity contribution in [2.45, 2.75) is 50.7 Å². The smallest absolute Gasteiger partial charge is 0.182 e. The Morgan fingerprint density at radius 1 is 1.12 bits per heavy atom. The SMILES string of the molecule is Cc1nc(C(C)C)ccc1S(=O)(=O)C(C)C. The van der Waals surface area contributed by atoms with E-state index in [0.717, 1.165) is 5.69 Å². The van der Waals surface area contributed by atoms with Gasteiger partial charge < -0.3 is 0 Å². The topological polar surface area (TPSA) is 47.0 Å². The van der Waals surface area contributed by atoms with Gasteiger partial charge in [0.15, 0.2) is 9.84 Å². The minimum Gasteiger partial charge on any atom is -0.257 e. The quantitative estimate of drug-likeness (QED) is 0.817. The second-order valence-electron chi connectivity index (χ2n) is 4.57. The normalized spacial score (nSPS) is 12.4. The highest BCUT2D eigenvalue weighted by Gasteiger charge is 2.22. The number of pyridine rings is 1. The van der Waals surface area contributed by atoms with Crippen molar-refractivity contribution >= 4 is 9.84 Å². The number of hydrogen-bond donors (Lipinski definition) is 0. The zero-order valence-corrected chi connectivity index (χ0v) is 11.3. The molecular formula is C12H19NO2S. The molecule has 1 aromatic rings. The molecule has 0 radical (unpaired) electrons. The number of aromatic nitrogens is 1. The molecule has 0 fully saturated rings. The van der Waals surface area contributed by atoms with E-state index in [2.05, 4.69) is 4.98 Å². The third kappa shape index (κ3) is 2.43. The van der Waals surface area contributed by atoms with Crippen LogP contribution in [0.2, 0.25) is 0 Å². The van der Waals surface area contributed by atoms with Crippen LogP contribution in [0.25, 0.3) is 0 Å². The van der Waals surface area contributed by atoms with Crippen molar-refractivity contribution in [1.29, 1.82) is 0 Å². The lowest BCUT2D eigenvalue weighted by atomic mass is 10.1. The third-order valence-corrected chi connectivity index (χ3v) is 4.86. The Hall–Kier alpha value is -0.900. The van der Waals surface area contributed by atoms with Crippen molar-refractivity contribution in [3.05, 3.63) is 23.5 Å². The van der Waals surface area contributed by atoms with E-state index in [1.807, 2.05) is 13.8 Å². The molecule has 16 heavy (non-hydrogen) atoms. The van der Waals surface area contributed by atoms with Gasteiger partial charge in [0, 0.05) is 5.69 Å². The molecule has 4 heteroatoms. The number of hydrogen-bond acceptors (Lipinski definition) is 3. The first-order chi connectivity index (χ1) is 7.26. The summed E-state index contributed by atoms with van der Waals surface area (Å²) in [4.78, 5) is 4.70.